The smallest absolute Gasteiger partial charge is 0.273 e. The van der Waals surface area contributed by atoms with E-state index in [2.05, 4.69) is 4.98 Å². The number of likely N-dealkylation sites (tertiary alicyclic amines) is 1. The Morgan fingerprint density at radius 3 is 2.68 bits per heavy atom. The molecular formula is C18H19N3O4. The van der Waals surface area contributed by atoms with Crippen LogP contribution in [-0.2, 0) is 0 Å². The van der Waals surface area contributed by atoms with E-state index in [4.69, 9.17) is 4.74 Å². The molecule has 130 valence electrons. The van der Waals surface area contributed by atoms with E-state index in [1.54, 1.807) is 36.4 Å². The van der Waals surface area contributed by atoms with Gasteiger partial charge in [0.15, 0.2) is 0 Å². The largest absolute Gasteiger partial charge is 0.489 e. The number of hydrogen-bond donors (Lipinski definition) is 0. The molecule has 1 aliphatic rings. The molecule has 2 heterocycles. The molecule has 2 aromatic rings. The van der Waals surface area contributed by atoms with Gasteiger partial charge in [-0.3, -0.25) is 19.9 Å². The quantitative estimate of drug-likeness (QED) is 0.630. The molecule has 1 aromatic heterocycles. The van der Waals surface area contributed by atoms with E-state index in [1.807, 2.05) is 12.1 Å². The predicted octanol–water partition coefficient (Wildman–Crippen LogP) is 2.98. The fraction of sp³-hybridized carbons (Fsp3) is 0.333. The van der Waals surface area contributed by atoms with Gasteiger partial charge >= 0.3 is 0 Å². The van der Waals surface area contributed by atoms with Gasteiger partial charge in [-0.05, 0) is 25.1 Å². The SMILES string of the molecule is Cc1c(C(=O)N2CCC(Oc3cccnc3)CC2)cccc1[N+](=O)[O-]. The van der Waals surface area contributed by atoms with Crippen molar-refractivity contribution in [2.45, 2.75) is 25.9 Å². The second-order valence-corrected chi connectivity index (χ2v) is 6.00. The van der Waals surface area contributed by atoms with Crippen molar-refractivity contribution in [2.75, 3.05) is 13.1 Å². The maximum atomic E-state index is 12.7. The Morgan fingerprint density at radius 1 is 1.28 bits per heavy atom. The van der Waals surface area contributed by atoms with Crippen LogP contribution in [0, 0.1) is 17.0 Å². The number of carbonyl (C=O) groups excluding carboxylic acids is 1. The molecule has 0 saturated carbocycles. The van der Waals surface area contributed by atoms with Crippen molar-refractivity contribution in [1.29, 1.82) is 0 Å². The predicted molar refractivity (Wildman–Crippen MR) is 91.6 cm³/mol. The molecule has 1 saturated heterocycles. The van der Waals surface area contributed by atoms with Gasteiger partial charge in [-0.2, -0.15) is 0 Å². The van der Waals surface area contributed by atoms with E-state index in [0.717, 1.165) is 5.75 Å². The molecule has 1 aliphatic heterocycles. The molecule has 0 spiro atoms. The fourth-order valence-corrected chi connectivity index (χ4v) is 3.01. The average molecular weight is 341 g/mol. The van der Waals surface area contributed by atoms with Crippen molar-refractivity contribution in [3.8, 4) is 5.75 Å². The third-order valence-corrected chi connectivity index (χ3v) is 4.40. The Hall–Kier alpha value is -2.96. The molecule has 1 aromatic carbocycles. The van der Waals surface area contributed by atoms with Crippen LogP contribution in [0.4, 0.5) is 5.69 Å². The van der Waals surface area contributed by atoms with Crippen molar-refractivity contribution >= 4 is 11.6 Å². The van der Waals surface area contributed by atoms with Gasteiger partial charge in [0.25, 0.3) is 11.6 Å². The van der Waals surface area contributed by atoms with Gasteiger partial charge < -0.3 is 9.64 Å². The molecule has 1 fully saturated rings. The number of rotatable bonds is 4. The number of nitro groups is 1. The summed E-state index contributed by atoms with van der Waals surface area (Å²) >= 11 is 0. The average Bonchev–Trinajstić information content (AvgIpc) is 2.62. The highest BCUT2D eigenvalue weighted by Crippen LogP contribution is 2.24. The molecule has 3 rings (SSSR count). The van der Waals surface area contributed by atoms with Crippen molar-refractivity contribution in [1.82, 2.24) is 9.88 Å². The van der Waals surface area contributed by atoms with Gasteiger partial charge in [-0.1, -0.05) is 6.07 Å². The summed E-state index contributed by atoms with van der Waals surface area (Å²) in [4.78, 5) is 29.1. The lowest BCUT2D eigenvalue weighted by molar-refractivity contribution is -0.385. The lowest BCUT2D eigenvalue weighted by atomic mass is 10.0. The van der Waals surface area contributed by atoms with Crippen LogP contribution in [0.5, 0.6) is 5.75 Å². The summed E-state index contributed by atoms with van der Waals surface area (Å²) in [5.74, 6) is 0.558. The first kappa shape index (κ1) is 16.9. The summed E-state index contributed by atoms with van der Waals surface area (Å²) in [6.45, 7) is 2.74. The zero-order valence-corrected chi connectivity index (χ0v) is 13.9. The van der Waals surface area contributed by atoms with E-state index < -0.39 is 4.92 Å². The lowest BCUT2D eigenvalue weighted by Gasteiger charge is -2.32. The summed E-state index contributed by atoms with van der Waals surface area (Å²) in [6, 6.07) is 8.29. The zero-order valence-electron chi connectivity index (χ0n) is 13.9. The number of nitrogens with zero attached hydrogens (tertiary/aromatic N) is 3. The maximum absolute atomic E-state index is 12.7. The molecule has 0 N–H and O–H groups in total. The number of pyridine rings is 1. The number of amides is 1. The minimum Gasteiger partial charge on any atom is -0.489 e. The molecule has 1 amide bonds. The standard InChI is InChI=1S/C18H19N3O4/c1-13-16(5-2-6-17(13)21(23)24)18(22)20-10-7-14(8-11-20)25-15-4-3-9-19-12-15/h2-6,9,12,14H,7-8,10-11H2,1H3. The first-order chi connectivity index (χ1) is 12.1. The van der Waals surface area contributed by atoms with Crippen LogP contribution < -0.4 is 4.74 Å². The highest BCUT2D eigenvalue weighted by Gasteiger charge is 2.27. The third kappa shape index (κ3) is 3.76. The topological polar surface area (TPSA) is 85.6 Å². The van der Waals surface area contributed by atoms with Gasteiger partial charge in [-0.15, -0.1) is 0 Å². The first-order valence-corrected chi connectivity index (χ1v) is 8.16. The molecule has 0 aliphatic carbocycles. The van der Waals surface area contributed by atoms with Gasteiger partial charge in [0, 0.05) is 49.3 Å². The van der Waals surface area contributed by atoms with E-state index in [9.17, 15) is 14.9 Å². The summed E-state index contributed by atoms with van der Waals surface area (Å²) in [5, 5.41) is 11.0. The fourth-order valence-electron chi connectivity index (χ4n) is 3.01. The van der Waals surface area contributed by atoms with E-state index in [1.165, 1.54) is 6.07 Å². The summed E-state index contributed by atoms with van der Waals surface area (Å²) in [5.41, 5.74) is 0.771. The van der Waals surface area contributed by atoms with Crippen LogP contribution >= 0.6 is 0 Å². The van der Waals surface area contributed by atoms with Crippen LogP contribution in [0.25, 0.3) is 0 Å². The Labute approximate surface area is 145 Å². The normalized spacial score (nSPS) is 15.0. The number of carbonyl (C=O) groups is 1. The molecule has 0 radical (unpaired) electrons. The Kier molecular flexibility index (Phi) is 4.92. The minimum absolute atomic E-state index is 0.0272. The highest BCUT2D eigenvalue weighted by atomic mass is 16.6. The number of piperidine rings is 1. The second kappa shape index (κ2) is 7.29. The van der Waals surface area contributed by atoms with Crippen molar-refractivity contribution in [2.24, 2.45) is 0 Å². The Morgan fingerprint density at radius 2 is 2.04 bits per heavy atom. The summed E-state index contributed by atoms with van der Waals surface area (Å²) in [6.07, 6.45) is 4.84. The summed E-state index contributed by atoms with van der Waals surface area (Å²) < 4.78 is 5.87. The van der Waals surface area contributed by atoms with Crippen LogP contribution in [0.15, 0.2) is 42.7 Å². The number of hydrogen-bond acceptors (Lipinski definition) is 5. The van der Waals surface area contributed by atoms with E-state index in [0.29, 0.717) is 37.1 Å². The van der Waals surface area contributed by atoms with Gasteiger partial charge in [-0.25, -0.2) is 0 Å². The molecule has 0 bridgehead atoms. The zero-order chi connectivity index (χ0) is 17.8. The van der Waals surface area contributed by atoms with Gasteiger partial charge in [0.05, 0.1) is 11.1 Å². The number of aromatic nitrogens is 1. The number of ether oxygens (including phenoxy) is 1. The molecule has 7 nitrogen and oxygen atoms in total. The van der Waals surface area contributed by atoms with E-state index >= 15 is 0 Å². The molecule has 7 heteroatoms. The number of nitro benzene ring substituents is 1. The maximum Gasteiger partial charge on any atom is 0.273 e. The molecule has 25 heavy (non-hydrogen) atoms. The van der Waals surface area contributed by atoms with E-state index in [-0.39, 0.29) is 17.7 Å². The monoisotopic (exact) mass is 341 g/mol. The molecule has 0 unspecified atom stereocenters. The van der Waals surface area contributed by atoms with Crippen LogP contribution in [-0.4, -0.2) is 39.9 Å². The minimum atomic E-state index is -0.458. The van der Waals surface area contributed by atoms with Crippen LogP contribution in [0.2, 0.25) is 0 Å². The first-order valence-electron chi connectivity index (χ1n) is 8.16. The van der Waals surface area contributed by atoms with Crippen molar-refractivity contribution < 1.29 is 14.5 Å². The van der Waals surface area contributed by atoms with Crippen molar-refractivity contribution in [3.05, 3.63) is 64.0 Å². The Bertz CT molecular complexity index is 771. The van der Waals surface area contributed by atoms with Crippen LogP contribution in [0.1, 0.15) is 28.8 Å². The van der Waals surface area contributed by atoms with Gasteiger partial charge in [0.1, 0.15) is 11.9 Å². The van der Waals surface area contributed by atoms with Crippen LogP contribution in [0.3, 0.4) is 0 Å². The Balaban J connectivity index is 1.64. The van der Waals surface area contributed by atoms with Crippen molar-refractivity contribution in [3.63, 3.8) is 0 Å². The number of benzene rings is 1. The van der Waals surface area contributed by atoms with Gasteiger partial charge in [0.2, 0.25) is 0 Å². The second-order valence-electron chi connectivity index (χ2n) is 6.00. The lowest BCUT2D eigenvalue weighted by Crippen LogP contribution is -2.42. The molecule has 0 atom stereocenters. The highest BCUT2D eigenvalue weighted by molar-refractivity contribution is 5.96. The molecular weight excluding hydrogens is 322 g/mol. The third-order valence-electron chi connectivity index (χ3n) is 4.40. The summed E-state index contributed by atoms with van der Waals surface area (Å²) in [7, 11) is 0.